The summed E-state index contributed by atoms with van der Waals surface area (Å²) in [5.74, 6) is -12.2. The number of benzene rings is 3. The number of carbonyl (C=O) groups excluding carboxylic acids is 13. The van der Waals surface area contributed by atoms with Gasteiger partial charge in [-0.2, -0.15) is 0 Å². The number of phenolic OH excluding ortho intramolecular Hbond substituents is 2. The van der Waals surface area contributed by atoms with E-state index < -0.39 is 192 Å². The highest BCUT2D eigenvalue weighted by Gasteiger charge is 2.50. The van der Waals surface area contributed by atoms with Gasteiger partial charge in [0.2, 0.25) is 17.7 Å². The van der Waals surface area contributed by atoms with Crippen LogP contribution in [0.1, 0.15) is 198 Å². The van der Waals surface area contributed by atoms with Crippen molar-refractivity contribution in [3.05, 3.63) is 105 Å². The van der Waals surface area contributed by atoms with Crippen molar-refractivity contribution < 1.29 is 102 Å². The lowest BCUT2D eigenvalue weighted by Gasteiger charge is -2.42. The third-order valence-corrected chi connectivity index (χ3v) is 18.0. The second kappa shape index (κ2) is 34.4. The number of ether oxygens (including phenoxy) is 3. The largest absolute Gasteiger partial charge is 0.507 e. The second-order valence-electron chi connectivity index (χ2n) is 26.0. The molecule has 0 bridgehead atoms. The van der Waals surface area contributed by atoms with Gasteiger partial charge in [-0.15, -0.1) is 6.58 Å². The van der Waals surface area contributed by atoms with Gasteiger partial charge >= 0.3 is 6.09 Å². The first-order valence-electron chi connectivity index (χ1n) is 32.6. The molecule has 1 saturated heterocycles. The van der Waals surface area contributed by atoms with Crippen molar-refractivity contribution in [1.82, 2.24) is 21.3 Å². The highest BCUT2D eigenvalue weighted by Crippen LogP contribution is 2.52. The molecule has 1 aliphatic heterocycles. The highest BCUT2D eigenvalue weighted by atomic mass is 16.7. The van der Waals surface area contributed by atoms with Crippen molar-refractivity contribution >= 4 is 75.9 Å². The Kier molecular flexibility index (Phi) is 27.5. The van der Waals surface area contributed by atoms with Crippen LogP contribution in [0.2, 0.25) is 0 Å². The Hall–Kier alpha value is -8.49. The third kappa shape index (κ3) is 19.6. The topological polar surface area (TPSA) is 399 Å². The molecule has 25 nitrogen and oxygen atoms in total. The first-order valence-corrected chi connectivity index (χ1v) is 32.6. The number of aliphatic hydroxyl groups excluding tert-OH is 2. The summed E-state index contributed by atoms with van der Waals surface area (Å²) in [5, 5.41) is 66.9. The van der Waals surface area contributed by atoms with Crippen LogP contribution >= 0.6 is 0 Å². The average molecular weight is 1340 g/mol. The number of Topliss-reactive ketones (excluding diaryl/α,β-unsaturated/α-hetero) is 7. The summed E-state index contributed by atoms with van der Waals surface area (Å²) in [6.07, 6.45) is -5.70. The zero-order valence-corrected chi connectivity index (χ0v) is 55.7. The van der Waals surface area contributed by atoms with Gasteiger partial charge in [-0.25, -0.2) is 4.79 Å². The Bertz CT molecular complexity index is 3490. The molecule has 3 aromatic rings. The predicted octanol–water partition coefficient (Wildman–Crippen LogP) is 5.37. The molecule has 96 heavy (non-hydrogen) atoms. The Labute approximate surface area is 557 Å². The molecule has 4 amide bonds. The molecule has 0 radical (unpaired) electrons. The summed E-state index contributed by atoms with van der Waals surface area (Å²) in [7, 11) is 0. The monoisotopic (exact) mass is 1330 g/mol. The van der Waals surface area contributed by atoms with Gasteiger partial charge in [0.25, 0.3) is 0 Å². The SMILES string of the molecule is C=CCC(=O)C[C@H](NC(=O)[C@@H](CC(=O)[C@H](CCC(C)=O)NC(=O)[C@H](CC(C)=O)CC(=O)CNC(=O)[C@@H](C)CCCCC)C(C)C)C(=O)Cc1ccc(COC(=O)NC2C[C@H](O[C@H]3C[C@](O)(C(=O)CO)Cc4c(O)c5c(c(O)c43)C(=O)c3c(C)cccc3C5=O)O[C@@H](C)[C@H]2O)cc1. The van der Waals surface area contributed by atoms with E-state index in [2.05, 4.69) is 27.8 Å². The van der Waals surface area contributed by atoms with E-state index in [0.29, 0.717) is 23.1 Å². The molecule has 1 unspecified atom stereocenters. The van der Waals surface area contributed by atoms with Crippen LogP contribution in [-0.2, 0) is 81.6 Å². The normalized spacial score (nSPS) is 20.4. The minimum Gasteiger partial charge on any atom is -0.507 e. The Balaban J connectivity index is 1.09. The number of aromatic hydroxyl groups is 2. The second-order valence-corrected chi connectivity index (χ2v) is 26.0. The van der Waals surface area contributed by atoms with Crippen molar-refractivity contribution in [3.8, 4) is 11.5 Å². The minimum atomic E-state index is -2.42. The van der Waals surface area contributed by atoms with Crippen molar-refractivity contribution in [1.29, 1.82) is 0 Å². The van der Waals surface area contributed by atoms with Crippen LogP contribution in [0.15, 0.2) is 55.1 Å². The summed E-state index contributed by atoms with van der Waals surface area (Å²) in [6, 6.07) is 6.90. The maximum atomic E-state index is 14.2. The van der Waals surface area contributed by atoms with E-state index >= 15 is 0 Å². The van der Waals surface area contributed by atoms with E-state index in [0.717, 1.165) is 19.3 Å². The number of fused-ring (bicyclic) bond motifs is 3. The average Bonchev–Trinajstić information content (AvgIpc) is 0.712. The van der Waals surface area contributed by atoms with Gasteiger partial charge < -0.3 is 70.6 Å². The molecule has 9 N–H and O–H groups in total. The van der Waals surface area contributed by atoms with Crippen LogP contribution in [-0.4, -0.2) is 157 Å². The number of phenols is 2. The maximum Gasteiger partial charge on any atom is 0.407 e. The number of alkyl carbamates (subject to hydrolysis) is 1. The summed E-state index contributed by atoms with van der Waals surface area (Å²) in [6.45, 7) is 14.4. The zero-order chi connectivity index (χ0) is 71.0. The minimum absolute atomic E-state index is 0.00140. The van der Waals surface area contributed by atoms with E-state index in [4.69, 9.17) is 14.2 Å². The lowest BCUT2D eigenvalue weighted by atomic mass is 9.71. The lowest BCUT2D eigenvalue weighted by molar-refractivity contribution is -0.249. The van der Waals surface area contributed by atoms with E-state index in [1.807, 2.05) is 6.92 Å². The standard InChI is InChI=1S/C71H90N4O21/c1-10-12-13-16-38(6)67(89)72-33-46(80)27-44(25-40(8)78)68(90)73-50(24-19-39(7)77)54(82)29-48(36(3)4)69(91)74-51(28-45(79)15-11-2)53(81)26-42-20-22-43(23-21-42)35-94-70(92)75-52-30-57(95-41(9)62(52)84)96-55-32-71(93,56(83)34-76)31-49-59(55)66(88)61-60(64(49)86)63(85)47-18-14-17-37(5)58(47)65(61)87/h11,14,17-18,20-23,36,38,41,44,48,50-52,55,57,62,76,84,86,88,93H,2,10,12-13,15-16,19,24-35H2,1,3-9H3,(H,72,89)(H,73,90)(H,74,91)(H,75,92)/t38-,41-,44+,48-,50-,51-,52?,55-,57-,62+,71-/m0/s1. The van der Waals surface area contributed by atoms with Gasteiger partial charge in [-0.05, 0) is 63.1 Å². The molecule has 6 rings (SSSR count). The van der Waals surface area contributed by atoms with Crippen LogP contribution in [0, 0.1) is 30.6 Å². The van der Waals surface area contributed by atoms with E-state index in [-0.39, 0.29) is 91.5 Å². The van der Waals surface area contributed by atoms with Crippen molar-refractivity contribution in [2.75, 3.05) is 13.2 Å². The quantitative estimate of drug-likeness (QED) is 0.0157. The number of hydrogen-bond donors (Lipinski definition) is 9. The predicted molar refractivity (Wildman–Crippen MR) is 345 cm³/mol. The van der Waals surface area contributed by atoms with Crippen molar-refractivity contribution in [2.24, 2.45) is 23.7 Å². The first kappa shape index (κ1) is 76.5. The number of hydrogen-bond acceptors (Lipinski definition) is 21. The fourth-order valence-corrected chi connectivity index (χ4v) is 12.4. The molecular weight excluding hydrogens is 1240 g/mol. The summed E-state index contributed by atoms with van der Waals surface area (Å²) in [4.78, 5) is 174. The number of carbonyl (C=O) groups is 13. The number of aliphatic hydroxyl groups is 3. The number of allylic oxidation sites excluding steroid dienone is 1. The molecular formula is C71H90N4O21. The van der Waals surface area contributed by atoms with E-state index in [1.54, 1.807) is 64.1 Å². The van der Waals surface area contributed by atoms with Gasteiger partial charge in [0.05, 0.1) is 53.9 Å². The molecule has 25 heteroatoms. The van der Waals surface area contributed by atoms with Crippen LogP contribution in [0.25, 0.3) is 0 Å². The van der Waals surface area contributed by atoms with Gasteiger partial charge in [0.15, 0.2) is 41.0 Å². The fourth-order valence-electron chi connectivity index (χ4n) is 12.4. The van der Waals surface area contributed by atoms with Crippen LogP contribution in [0.3, 0.4) is 0 Å². The number of rotatable bonds is 36. The maximum absolute atomic E-state index is 14.2. The van der Waals surface area contributed by atoms with Crippen molar-refractivity contribution in [2.45, 2.75) is 207 Å². The Morgan fingerprint density at radius 1 is 0.781 bits per heavy atom. The number of nitrogens with one attached hydrogen (secondary N) is 4. The molecule has 11 atom stereocenters. The first-order chi connectivity index (χ1) is 45.3. The van der Waals surface area contributed by atoms with E-state index in [9.17, 15) is 87.9 Å². The number of unbranched alkanes of at least 4 members (excludes halogenated alkanes) is 2. The van der Waals surface area contributed by atoms with Gasteiger partial charge in [-0.1, -0.05) is 95.5 Å². The summed E-state index contributed by atoms with van der Waals surface area (Å²) >= 11 is 0. The zero-order valence-electron chi connectivity index (χ0n) is 55.7. The molecule has 0 aromatic heterocycles. The molecule has 3 aliphatic rings. The molecule has 520 valence electrons. The van der Waals surface area contributed by atoms with E-state index in [1.165, 1.54) is 32.9 Å². The Morgan fingerprint density at radius 3 is 2.08 bits per heavy atom. The molecule has 0 spiro atoms. The molecule has 1 fully saturated rings. The smallest absolute Gasteiger partial charge is 0.407 e. The molecule has 2 aliphatic carbocycles. The highest BCUT2D eigenvalue weighted by molar-refractivity contribution is 6.31. The van der Waals surface area contributed by atoms with Crippen LogP contribution < -0.4 is 21.3 Å². The summed E-state index contributed by atoms with van der Waals surface area (Å²) in [5.41, 5.74) is -2.77. The number of amides is 4. The number of ketones is 9. The summed E-state index contributed by atoms with van der Waals surface area (Å²) < 4.78 is 17.7. The lowest BCUT2D eigenvalue weighted by Crippen LogP contribution is -2.56. The Morgan fingerprint density at radius 2 is 1.45 bits per heavy atom. The van der Waals surface area contributed by atoms with Gasteiger partial charge in [0, 0.05) is 98.3 Å². The van der Waals surface area contributed by atoms with Gasteiger partial charge in [0.1, 0.15) is 53.8 Å². The fraction of sp³-hybridized carbons (Fsp3) is 0.535. The number of aryl methyl sites for hydroxylation is 1. The molecule has 0 saturated carbocycles. The third-order valence-electron chi connectivity index (χ3n) is 18.0. The molecule has 3 aromatic carbocycles. The van der Waals surface area contributed by atoms with Crippen molar-refractivity contribution in [3.63, 3.8) is 0 Å². The van der Waals surface area contributed by atoms with Crippen LogP contribution in [0.5, 0.6) is 11.5 Å². The molecule has 1 heterocycles. The van der Waals surface area contributed by atoms with Gasteiger partial charge in [-0.3, -0.25) is 47.9 Å². The van der Waals surface area contributed by atoms with Crippen LogP contribution in [0.4, 0.5) is 4.79 Å².